The Kier molecular flexibility index (Phi) is 4.66. The predicted molar refractivity (Wildman–Crippen MR) is 136 cm³/mol. The molecule has 0 spiro atoms. The number of hydrogen-bond donors (Lipinski definition) is 3. The number of aromatic nitrogens is 2. The second-order valence-electron chi connectivity index (χ2n) is 10.5. The van der Waals surface area contributed by atoms with Gasteiger partial charge in [0.1, 0.15) is 0 Å². The highest BCUT2D eigenvalue weighted by molar-refractivity contribution is 5.86. The van der Waals surface area contributed by atoms with Crippen molar-refractivity contribution < 1.29 is 0 Å². The molecule has 0 bridgehead atoms. The highest BCUT2D eigenvalue weighted by Crippen LogP contribution is 2.46. The fourth-order valence-electron chi connectivity index (χ4n) is 7.30. The van der Waals surface area contributed by atoms with Crippen LogP contribution in [0.15, 0.2) is 48.5 Å². The van der Waals surface area contributed by atoms with Gasteiger partial charge in [-0.15, -0.1) is 0 Å². The van der Waals surface area contributed by atoms with Gasteiger partial charge in [-0.1, -0.05) is 49.7 Å². The lowest BCUT2D eigenvalue weighted by atomic mass is 9.74. The first-order chi connectivity index (χ1) is 16.3. The Labute approximate surface area is 195 Å². The maximum absolute atomic E-state index is 3.89. The predicted octanol–water partition coefficient (Wildman–Crippen LogP) is 5.87. The van der Waals surface area contributed by atoms with Crippen molar-refractivity contribution in [3.05, 3.63) is 71.0 Å². The number of nitrogens with one attached hydrogen (secondary N) is 3. The van der Waals surface area contributed by atoms with Gasteiger partial charge in [0.2, 0.25) is 0 Å². The Hall–Kier alpha value is -2.56. The van der Waals surface area contributed by atoms with E-state index in [9.17, 15) is 0 Å². The second kappa shape index (κ2) is 7.75. The molecule has 4 atom stereocenters. The normalized spacial score (nSPS) is 27.4. The number of rotatable bonds is 3. The van der Waals surface area contributed by atoms with E-state index in [1.807, 2.05) is 0 Å². The van der Waals surface area contributed by atoms with Crippen LogP contribution in [0, 0.1) is 11.8 Å². The van der Waals surface area contributed by atoms with Gasteiger partial charge in [-0.05, 0) is 67.3 Å². The number of benzene rings is 2. The first kappa shape index (κ1) is 19.9. The molecule has 4 heteroatoms. The Morgan fingerprint density at radius 2 is 1.55 bits per heavy atom. The molecule has 2 aromatic carbocycles. The molecule has 0 amide bonds. The Morgan fingerprint density at radius 1 is 0.848 bits per heavy atom. The molecule has 5 heterocycles. The van der Waals surface area contributed by atoms with Gasteiger partial charge in [0.15, 0.2) is 0 Å². The van der Waals surface area contributed by atoms with Crippen molar-refractivity contribution in [1.82, 2.24) is 20.2 Å². The van der Waals surface area contributed by atoms with Crippen LogP contribution in [-0.2, 0) is 12.8 Å². The van der Waals surface area contributed by atoms with Gasteiger partial charge in [-0.3, -0.25) is 4.90 Å². The number of para-hydroxylation sites is 2. The van der Waals surface area contributed by atoms with Crippen LogP contribution in [0.5, 0.6) is 0 Å². The molecule has 4 nitrogen and oxygen atoms in total. The lowest BCUT2D eigenvalue weighted by molar-refractivity contribution is 0.0419. The number of nitrogens with zero attached hydrogens (tertiary/aromatic N) is 1. The Bertz CT molecular complexity index is 1310. The summed E-state index contributed by atoms with van der Waals surface area (Å²) in [5, 5.41) is 6.76. The van der Waals surface area contributed by atoms with Gasteiger partial charge in [-0.2, -0.15) is 0 Å². The summed E-state index contributed by atoms with van der Waals surface area (Å²) in [5.41, 5.74) is 8.70. The molecule has 0 radical (unpaired) electrons. The zero-order valence-corrected chi connectivity index (χ0v) is 19.5. The van der Waals surface area contributed by atoms with E-state index < -0.39 is 0 Å². The van der Waals surface area contributed by atoms with E-state index in [1.54, 1.807) is 11.1 Å². The van der Waals surface area contributed by atoms with E-state index in [2.05, 4.69) is 75.6 Å². The average molecular weight is 439 g/mol. The van der Waals surface area contributed by atoms with Crippen molar-refractivity contribution in [3.63, 3.8) is 0 Å². The third-order valence-electron chi connectivity index (χ3n) is 8.96. The van der Waals surface area contributed by atoms with Crippen LogP contribution in [-0.4, -0.2) is 34.5 Å². The number of piperidine rings is 1. The topological polar surface area (TPSA) is 46.9 Å². The maximum atomic E-state index is 3.89. The molecule has 3 N–H and O–H groups in total. The second-order valence-corrected chi connectivity index (χ2v) is 10.5. The largest absolute Gasteiger partial charge is 0.357 e. The zero-order valence-electron chi connectivity index (χ0n) is 19.5. The van der Waals surface area contributed by atoms with Gasteiger partial charge in [-0.25, -0.2) is 0 Å². The molecule has 1 fully saturated rings. The van der Waals surface area contributed by atoms with Gasteiger partial charge >= 0.3 is 0 Å². The molecule has 3 aliphatic heterocycles. The molecular formula is C29H34N4. The number of fused-ring (bicyclic) bond motifs is 8. The lowest BCUT2D eigenvalue weighted by Crippen LogP contribution is -2.46. The van der Waals surface area contributed by atoms with Crippen molar-refractivity contribution in [1.29, 1.82) is 0 Å². The molecule has 33 heavy (non-hydrogen) atoms. The standard InChI is InChI=1S/C29H34N4/c1-2-18-17-33-14-12-23-21-8-4-6-10-25(21)32-29(23)27(33)16-19(18)15-26-28-22(11-13-30-26)20-7-3-5-9-24(20)31-28/h3-10,18-19,26-27,30-32H,2,11-17H2,1H3/t18?,19-,26-,27+/m0/s1. The number of H-pyrrole nitrogens is 2. The van der Waals surface area contributed by atoms with E-state index in [1.165, 1.54) is 72.0 Å². The van der Waals surface area contributed by atoms with Crippen molar-refractivity contribution in [3.8, 4) is 0 Å². The molecule has 170 valence electrons. The minimum absolute atomic E-state index is 0.442. The summed E-state index contributed by atoms with van der Waals surface area (Å²) in [6, 6.07) is 18.7. The van der Waals surface area contributed by atoms with E-state index in [0.29, 0.717) is 12.1 Å². The first-order valence-corrected chi connectivity index (χ1v) is 13.0. The monoisotopic (exact) mass is 438 g/mol. The molecule has 0 saturated carbocycles. The summed E-state index contributed by atoms with van der Waals surface area (Å²) in [5.74, 6) is 1.52. The highest BCUT2D eigenvalue weighted by atomic mass is 15.2. The number of hydrogen-bond acceptors (Lipinski definition) is 2. The minimum atomic E-state index is 0.442. The molecule has 2 aromatic heterocycles. The van der Waals surface area contributed by atoms with Crippen molar-refractivity contribution in [2.24, 2.45) is 11.8 Å². The van der Waals surface area contributed by atoms with Crippen molar-refractivity contribution >= 4 is 21.8 Å². The molecular weight excluding hydrogens is 404 g/mol. The van der Waals surface area contributed by atoms with Crippen molar-refractivity contribution in [2.75, 3.05) is 19.6 Å². The van der Waals surface area contributed by atoms with Crippen LogP contribution >= 0.6 is 0 Å². The van der Waals surface area contributed by atoms with Gasteiger partial charge in [0.25, 0.3) is 0 Å². The lowest BCUT2D eigenvalue weighted by Gasteiger charge is -2.47. The van der Waals surface area contributed by atoms with Crippen LogP contribution in [0.25, 0.3) is 21.8 Å². The fraction of sp³-hybridized carbons (Fsp3) is 0.448. The van der Waals surface area contributed by atoms with Gasteiger partial charge < -0.3 is 15.3 Å². The van der Waals surface area contributed by atoms with Crippen LogP contribution in [0.4, 0.5) is 0 Å². The summed E-state index contributed by atoms with van der Waals surface area (Å²) in [6.07, 6.45) is 6.09. The molecule has 4 aromatic rings. The van der Waals surface area contributed by atoms with Crippen LogP contribution in [0.1, 0.15) is 60.8 Å². The van der Waals surface area contributed by atoms with Gasteiger partial charge in [0.05, 0.1) is 6.04 Å². The van der Waals surface area contributed by atoms with E-state index >= 15 is 0 Å². The summed E-state index contributed by atoms with van der Waals surface area (Å²) in [7, 11) is 0. The van der Waals surface area contributed by atoms with Crippen LogP contribution in [0.2, 0.25) is 0 Å². The van der Waals surface area contributed by atoms with E-state index in [4.69, 9.17) is 0 Å². The SMILES string of the molecule is CCC1CN2CCc3c([nH]c4ccccc34)[C@H]2C[C@@H]1C[C@@H]1NCCc2c1[nH]c1ccccc21. The van der Waals surface area contributed by atoms with E-state index in [-0.39, 0.29) is 0 Å². The third kappa shape index (κ3) is 3.11. The van der Waals surface area contributed by atoms with Gasteiger partial charge in [0, 0.05) is 52.3 Å². The highest BCUT2D eigenvalue weighted by Gasteiger charge is 2.41. The Morgan fingerprint density at radius 3 is 2.30 bits per heavy atom. The fourth-order valence-corrected chi connectivity index (χ4v) is 7.30. The van der Waals surface area contributed by atoms with E-state index in [0.717, 1.165) is 24.8 Å². The summed E-state index contributed by atoms with van der Waals surface area (Å²) >= 11 is 0. The summed E-state index contributed by atoms with van der Waals surface area (Å²) in [4.78, 5) is 10.4. The summed E-state index contributed by atoms with van der Waals surface area (Å²) in [6.45, 7) is 5.94. The zero-order chi connectivity index (χ0) is 21.9. The smallest absolute Gasteiger partial charge is 0.0504 e. The molecule has 1 unspecified atom stereocenters. The quantitative estimate of drug-likeness (QED) is 0.374. The molecule has 0 aliphatic carbocycles. The molecule has 7 rings (SSSR count). The molecule has 3 aliphatic rings. The molecule has 1 saturated heterocycles. The van der Waals surface area contributed by atoms with Crippen LogP contribution in [0.3, 0.4) is 0 Å². The third-order valence-corrected chi connectivity index (χ3v) is 8.96. The summed E-state index contributed by atoms with van der Waals surface area (Å²) < 4.78 is 0. The Balaban J connectivity index is 1.21. The first-order valence-electron chi connectivity index (χ1n) is 13.0. The van der Waals surface area contributed by atoms with Crippen molar-refractivity contribution in [2.45, 2.75) is 51.1 Å². The number of aromatic amines is 2. The maximum Gasteiger partial charge on any atom is 0.0504 e. The average Bonchev–Trinajstić information content (AvgIpc) is 3.43. The van der Waals surface area contributed by atoms with Crippen LogP contribution < -0.4 is 5.32 Å². The minimum Gasteiger partial charge on any atom is -0.357 e.